The second-order valence-corrected chi connectivity index (χ2v) is 7.40. The van der Waals surface area contributed by atoms with Crippen LogP contribution in [0.4, 0.5) is 5.69 Å². The highest BCUT2D eigenvalue weighted by Crippen LogP contribution is 2.20. The summed E-state index contributed by atoms with van der Waals surface area (Å²) in [5.41, 5.74) is 1.08. The Morgan fingerprint density at radius 1 is 1.04 bits per heavy atom. The predicted molar refractivity (Wildman–Crippen MR) is 96.3 cm³/mol. The number of hydrogen-bond acceptors (Lipinski definition) is 4. The Balaban J connectivity index is 1.88. The third-order valence-electron chi connectivity index (χ3n) is 3.35. The van der Waals surface area contributed by atoms with Gasteiger partial charge in [-0.05, 0) is 43.3 Å². The maximum atomic E-state index is 12.1. The van der Waals surface area contributed by atoms with Crippen molar-refractivity contribution in [1.82, 2.24) is 4.72 Å². The van der Waals surface area contributed by atoms with Crippen molar-refractivity contribution < 1.29 is 18.0 Å². The molecule has 0 saturated heterocycles. The van der Waals surface area contributed by atoms with Gasteiger partial charge in [0.25, 0.3) is 0 Å². The number of amides is 1. The molecule has 0 aliphatic heterocycles. The Kier molecular flexibility index (Phi) is 6.30. The van der Waals surface area contributed by atoms with Crippen molar-refractivity contribution in [2.75, 3.05) is 11.9 Å². The van der Waals surface area contributed by atoms with Gasteiger partial charge in [-0.15, -0.1) is 0 Å². The van der Waals surface area contributed by atoms with Gasteiger partial charge in [-0.25, -0.2) is 13.1 Å². The smallest absolute Gasteiger partial charge is 0.242 e. The zero-order valence-electron chi connectivity index (χ0n) is 13.5. The van der Waals surface area contributed by atoms with Crippen LogP contribution in [0.5, 0.6) is 0 Å². The van der Waals surface area contributed by atoms with Crippen LogP contribution in [0, 0.1) is 0 Å². The van der Waals surface area contributed by atoms with E-state index in [4.69, 9.17) is 11.6 Å². The maximum absolute atomic E-state index is 12.1. The lowest BCUT2D eigenvalue weighted by atomic mass is 10.1. The Morgan fingerprint density at radius 3 is 2.28 bits per heavy atom. The molecule has 0 atom stereocenters. The van der Waals surface area contributed by atoms with Crippen LogP contribution in [0.2, 0.25) is 5.02 Å². The van der Waals surface area contributed by atoms with E-state index in [-0.39, 0.29) is 34.6 Å². The van der Waals surface area contributed by atoms with Gasteiger partial charge in [-0.2, -0.15) is 0 Å². The summed E-state index contributed by atoms with van der Waals surface area (Å²) in [6.07, 6.45) is -0.0435. The zero-order valence-corrected chi connectivity index (χ0v) is 15.0. The van der Waals surface area contributed by atoms with E-state index in [2.05, 4.69) is 10.0 Å². The minimum absolute atomic E-state index is 0.0307. The van der Waals surface area contributed by atoms with Gasteiger partial charge in [0.05, 0.1) is 5.02 Å². The molecule has 8 heteroatoms. The highest BCUT2D eigenvalue weighted by atomic mass is 35.5. The highest BCUT2D eigenvalue weighted by Gasteiger charge is 2.17. The van der Waals surface area contributed by atoms with Gasteiger partial charge in [0, 0.05) is 24.2 Å². The first kappa shape index (κ1) is 19.1. The molecular weight excluding hydrogens is 364 g/mol. The molecule has 0 fully saturated rings. The van der Waals surface area contributed by atoms with Crippen LogP contribution in [0.1, 0.15) is 23.7 Å². The molecular formula is C17H17ClN2O4S. The molecule has 2 aromatic rings. The standard InChI is InChI=1S/C17H17ClN2O4S/c1-12(21)13-6-8-14(9-7-13)20-17(22)10-11-19-25(23,24)16-5-3-2-4-15(16)18/h2-9,19H,10-11H2,1H3,(H,20,22). The lowest BCUT2D eigenvalue weighted by Gasteiger charge is -2.09. The van der Waals surface area contributed by atoms with Crippen molar-refractivity contribution in [3.63, 3.8) is 0 Å². The number of carbonyl (C=O) groups excluding carboxylic acids is 2. The van der Waals surface area contributed by atoms with Gasteiger partial charge in [-0.3, -0.25) is 9.59 Å². The molecule has 6 nitrogen and oxygen atoms in total. The molecule has 0 spiro atoms. The fourth-order valence-electron chi connectivity index (χ4n) is 2.05. The summed E-state index contributed by atoms with van der Waals surface area (Å²) in [5, 5.41) is 2.75. The lowest BCUT2D eigenvalue weighted by Crippen LogP contribution is -2.28. The molecule has 132 valence electrons. The van der Waals surface area contributed by atoms with Crippen molar-refractivity contribution >= 4 is 39.0 Å². The summed E-state index contributed by atoms with van der Waals surface area (Å²) >= 11 is 5.87. The third-order valence-corrected chi connectivity index (χ3v) is 5.31. The fourth-order valence-corrected chi connectivity index (χ4v) is 3.60. The number of nitrogens with one attached hydrogen (secondary N) is 2. The molecule has 0 aliphatic carbocycles. The summed E-state index contributed by atoms with van der Waals surface area (Å²) in [7, 11) is -3.77. The number of halogens is 1. The first-order chi connectivity index (χ1) is 11.8. The molecule has 1 amide bonds. The second-order valence-electron chi connectivity index (χ2n) is 5.26. The molecule has 0 heterocycles. The van der Waals surface area contributed by atoms with Crippen molar-refractivity contribution in [2.45, 2.75) is 18.2 Å². The summed E-state index contributed by atoms with van der Waals surface area (Å²) in [4.78, 5) is 23.0. The number of sulfonamides is 1. The predicted octanol–water partition coefficient (Wildman–Crippen LogP) is 2.85. The van der Waals surface area contributed by atoms with Crippen molar-refractivity contribution in [3.8, 4) is 0 Å². The number of hydrogen-bond donors (Lipinski definition) is 2. The van der Waals surface area contributed by atoms with E-state index in [1.54, 1.807) is 36.4 Å². The minimum atomic E-state index is -3.77. The van der Waals surface area contributed by atoms with Crippen LogP contribution in [0.3, 0.4) is 0 Å². The topological polar surface area (TPSA) is 92.3 Å². The lowest BCUT2D eigenvalue weighted by molar-refractivity contribution is -0.116. The third kappa shape index (κ3) is 5.38. The first-order valence-electron chi connectivity index (χ1n) is 7.44. The number of benzene rings is 2. The second kappa shape index (κ2) is 8.24. The molecule has 0 bridgehead atoms. The summed E-state index contributed by atoms with van der Waals surface area (Å²) in [5.74, 6) is -0.413. The van der Waals surface area contributed by atoms with E-state index in [9.17, 15) is 18.0 Å². The van der Waals surface area contributed by atoms with Crippen molar-refractivity contribution in [2.24, 2.45) is 0 Å². The van der Waals surface area contributed by atoms with Gasteiger partial charge in [-0.1, -0.05) is 23.7 Å². The van der Waals surface area contributed by atoms with Gasteiger partial charge >= 0.3 is 0 Å². The van der Waals surface area contributed by atoms with Gasteiger partial charge in [0.2, 0.25) is 15.9 Å². The van der Waals surface area contributed by atoms with Crippen LogP contribution in [0.25, 0.3) is 0 Å². The molecule has 0 aliphatic rings. The molecule has 25 heavy (non-hydrogen) atoms. The summed E-state index contributed by atoms with van der Waals surface area (Å²) < 4.78 is 26.6. The zero-order chi connectivity index (χ0) is 18.4. The molecule has 2 N–H and O–H groups in total. The average Bonchev–Trinajstić information content (AvgIpc) is 2.55. The van der Waals surface area contributed by atoms with E-state index < -0.39 is 10.0 Å². The van der Waals surface area contributed by atoms with Crippen molar-refractivity contribution in [1.29, 1.82) is 0 Å². The Bertz CT molecular complexity index is 880. The highest BCUT2D eigenvalue weighted by molar-refractivity contribution is 7.89. The number of ketones is 1. The average molecular weight is 381 g/mol. The van der Waals surface area contributed by atoms with Crippen LogP contribution in [-0.4, -0.2) is 26.7 Å². The number of anilines is 1. The van der Waals surface area contributed by atoms with E-state index >= 15 is 0 Å². The maximum Gasteiger partial charge on any atom is 0.242 e. The van der Waals surface area contributed by atoms with Gasteiger partial charge in [0.15, 0.2) is 5.78 Å². The summed E-state index contributed by atoms with van der Waals surface area (Å²) in [6, 6.07) is 12.5. The van der Waals surface area contributed by atoms with Crippen LogP contribution in [-0.2, 0) is 14.8 Å². The molecule has 2 aromatic carbocycles. The summed E-state index contributed by atoms with van der Waals surface area (Å²) in [6.45, 7) is 1.39. The Hall–Kier alpha value is -2.22. The quantitative estimate of drug-likeness (QED) is 0.722. The van der Waals surface area contributed by atoms with Crippen LogP contribution >= 0.6 is 11.6 Å². The van der Waals surface area contributed by atoms with E-state index in [1.165, 1.54) is 19.1 Å². The number of Topliss-reactive ketones (excluding diaryl/α,β-unsaturated/α-hetero) is 1. The molecule has 0 aromatic heterocycles. The minimum Gasteiger partial charge on any atom is -0.326 e. The Morgan fingerprint density at radius 2 is 1.68 bits per heavy atom. The first-order valence-corrected chi connectivity index (χ1v) is 9.31. The molecule has 0 unspecified atom stereocenters. The largest absolute Gasteiger partial charge is 0.326 e. The number of carbonyl (C=O) groups is 2. The van der Waals surface area contributed by atoms with Gasteiger partial charge in [0.1, 0.15) is 4.90 Å². The van der Waals surface area contributed by atoms with E-state index in [0.29, 0.717) is 11.3 Å². The SMILES string of the molecule is CC(=O)c1ccc(NC(=O)CCNS(=O)(=O)c2ccccc2Cl)cc1. The Labute approximate surface area is 151 Å². The van der Waals surface area contributed by atoms with Gasteiger partial charge < -0.3 is 5.32 Å². The van der Waals surface area contributed by atoms with Crippen LogP contribution < -0.4 is 10.0 Å². The molecule has 0 radical (unpaired) electrons. The van der Waals surface area contributed by atoms with E-state index in [1.807, 2.05) is 0 Å². The number of rotatable bonds is 7. The van der Waals surface area contributed by atoms with Crippen molar-refractivity contribution in [3.05, 3.63) is 59.1 Å². The van der Waals surface area contributed by atoms with Crippen LogP contribution in [0.15, 0.2) is 53.4 Å². The fraction of sp³-hybridized carbons (Fsp3) is 0.176. The normalized spacial score (nSPS) is 11.1. The van der Waals surface area contributed by atoms with E-state index in [0.717, 1.165) is 0 Å². The molecule has 2 rings (SSSR count). The monoisotopic (exact) mass is 380 g/mol. The molecule has 0 saturated carbocycles.